The zero-order valence-electron chi connectivity index (χ0n) is 13.2. The Hall–Kier alpha value is -1.18. The normalized spacial score (nSPS) is 11.5. The van der Waals surface area contributed by atoms with E-state index >= 15 is 0 Å². The Balaban J connectivity index is 0.00000400. The average Bonchev–Trinajstić information content (AvgIpc) is 2.36. The van der Waals surface area contributed by atoms with Crippen molar-refractivity contribution in [1.82, 2.24) is 5.32 Å². The zero-order valence-corrected chi connectivity index (χ0v) is 15.5. The molecular formula is C15H26IN3O2. The van der Waals surface area contributed by atoms with Crippen LogP contribution >= 0.6 is 24.0 Å². The highest BCUT2D eigenvalue weighted by Gasteiger charge is 2.09. The molecule has 0 amide bonds. The number of hydrogen-bond donors (Lipinski definition) is 2. The first-order chi connectivity index (χ1) is 9.40. The Bertz CT molecular complexity index is 445. The van der Waals surface area contributed by atoms with Crippen molar-refractivity contribution in [2.45, 2.75) is 32.7 Å². The summed E-state index contributed by atoms with van der Waals surface area (Å²) in [6, 6.07) is 7.55. The van der Waals surface area contributed by atoms with E-state index in [1.54, 1.807) is 7.11 Å². The summed E-state index contributed by atoms with van der Waals surface area (Å²) in [5.41, 5.74) is 5.71. The maximum atomic E-state index is 5.77. The minimum atomic E-state index is -0.0648. The van der Waals surface area contributed by atoms with Crippen LogP contribution < -0.4 is 20.5 Å². The first kappa shape index (κ1) is 19.8. The van der Waals surface area contributed by atoms with E-state index < -0.39 is 0 Å². The number of methoxy groups -OCH3 is 1. The van der Waals surface area contributed by atoms with Gasteiger partial charge in [-0.15, -0.1) is 24.0 Å². The van der Waals surface area contributed by atoms with Crippen LogP contribution in [0.2, 0.25) is 0 Å². The molecule has 0 bridgehead atoms. The molecule has 1 aromatic rings. The number of nitrogens with two attached hydrogens (primary N) is 1. The second kappa shape index (κ2) is 9.70. The molecular weight excluding hydrogens is 381 g/mol. The van der Waals surface area contributed by atoms with E-state index in [1.807, 2.05) is 45.0 Å². The number of guanidine groups is 1. The summed E-state index contributed by atoms with van der Waals surface area (Å²) in [5, 5.41) is 3.11. The summed E-state index contributed by atoms with van der Waals surface area (Å²) >= 11 is 0. The molecule has 0 aliphatic heterocycles. The molecule has 0 heterocycles. The van der Waals surface area contributed by atoms with Gasteiger partial charge in [-0.25, -0.2) is 0 Å². The predicted octanol–water partition coefficient (Wildman–Crippen LogP) is 2.78. The Morgan fingerprint density at radius 2 is 1.95 bits per heavy atom. The second-order valence-corrected chi connectivity index (χ2v) is 5.52. The van der Waals surface area contributed by atoms with Gasteiger partial charge in [0.05, 0.1) is 13.7 Å². The molecule has 0 aliphatic carbocycles. The van der Waals surface area contributed by atoms with E-state index in [4.69, 9.17) is 15.2 Å². The van der Waals surface area contributed by atoms with Gasteiger partial charge in [-0.2, -0.15) is 0 Å². The number of rotatable bonds is 6. The summed E-state index contributed by atoms with van der Waals surface area (Å²) in [7, 11) is 1.64. The first-order valence-corrected chi connectivity index (χ1v) is 6.76. The van der Waals surface area contributed by atoms with Crippen molar-refractivity contribution >= 4 is 29.9 Å². The molecule has 0 aliphatic rings. The monoisotopic (exact) mass is 407 g/mol. The van der Waals surface area contributed by atoms with Crippen LogP contribution in [-0.4, -0.2) is 31.8 Å². The molecule has 21 heavy (non-hydrogen) atoms. The molecule has 0 saturated carbocycles. The van der Waals surface area contributed by atoms with E-state index in [-0.39, 0.29) is 29.5 Å². The topological polar surface area (TPSA) is 68.9 Å². The highest BCUT2D eigenvalue weighted by molar-refractivity contribution is 14.0. The fourth-order valence-electron chi connectivity index (χ4n) is 1.57. The minimum absolute atomic E-state index is 0. The van der Waals surface area contributed by atoms with Gasteiger partial charge in [-0.1, -0.05) is 6.07 Å². The van der Waals surface area contributed by atoms with Crippen molar-refractivity contribution in [2.24, 2.45) is 10.7 Å². The maximum absolute atomic E-state index is 5.77. The third-order valence-corrected chi connectivity index (χ3v) is 2.40. The number of nitrogens with zero attached hydrogens (tertiary/aromatic N) is 1. The molecule has 0 fully saturated rings. The van der Waals surface area contributed by atoms with Crippen molar-refractivity contribution in [1.29, 1.82) is 0 Å². The number of benzene rings is 1. The molecule has 0 aromatic heterocycles. The van der Waals surface area contributed by atoms with Crippen LogP contribution in [0.15, 0.2) is 29.3 Å². The number of nitrogens with one attached hydrogen (secondary N) is 1. The van der Waals surface area contributed by atoms with Gasteiger partial charge in [0.1, 0.15) is 11.5 Å². The molecule has 120 valence electrons. The van der Waals surface area contributed by atoms with E-state index in [2.05, 4.69) is 10.3 Å². The molecule has 3 N–H and O–H groups in total. The van der Waals surface area contributed by atoms with Crippen molar-refractivity contribution in [2.75, 3.05) is 20.3 Å². The molecule has 0 radical (unpaired) electrons. The third-order valence-electron chi connectivity index (χ3n) is 2.40. The largest absolute Gasteiger partial charge is 0.497 e. The molecule has 0 atom stereocenters. The van der Waals surface area contributed by atoms with Crippen molar-refractivity contribution in [3.05, 3.63) is 24.3 Å². The van der Waals surface area contributed by atoms with Crippen LogP contribution in [0.4, 0.5) is 0 Å². The SMILES string of the molecule is COc1cccc(OCCCN=C(N)NC(C)(C)C)c1.I. The van der Waals surface area contributed by atoms with Crippen LogP contribution in [0.3, 0.4) is 0 Å². The van der Waals surface area contributed by atoms with Gasteiger partial charge in [0, 0.05) is 24.6 Å². The summed E-state index contributed by atoms with van der Waals surface area (Å²) in [5.74, 6) is 2.06. The lowest BCUT2D eigenvalue weighted by Crippen LogP contribution is -2.45. The molecule has 1 rings (SSSR count). The zero-order chi connectivity index (χ0) is 15.0. The molecule has 5 nitrogen and oxygen atoms in total. The Morgan fingerprint density at radius 1 is 1.29 bits per heavy atom. The summed E-state index contributed by atoms with van der Waals surface area (Å²) < 4.78 is 10.8. The van der Waals surface area contributed by atoms with Crippen LogP contribution in [-0.2, 0) is 0 Å². The standard InChI is InChI=1S/C15H25N3O2.HI/c1-15(2,3)18-14(16)17-9-6-10-20-13-8-5-7-12(11-13)19-4;/h5,7-8,11H,6,9-10H2,1-4H3,(H3,16,17,18);1H. The average molecular weight is 407 g/mol. The smallest absolute Gasteiger partial charge is 0.188 e. The van der Waals surface area contributed by atoms with Crippen molar-refractivity contribution < 1.29 is 9.47 Å². The minimum Gasteiger partial charge on any atom is -0.497 e. The fourth-order valence-corrected chi connectivity index (χ4v) is 1.57. The third kappa shape index (κ3) is 9.38. The van der Waals surface area contributed by atoms with E-state index in [0.717, 1.165) is 17.9 Å². The maximum Gasteiger partial charge on any atom is 0.188 e. The lowest BCUT2D eigenvalue weighted by atomic mass is 10.1. The Kier molecular flexibility index (Phi) is 9.16. The van der Waals surface area contributed by atoms with E-state index in [9.17, 15) is 0 Å². The molecule has 6 heteroatoms. The molecule has 0 spiro atoms. The van der Waals surface area contributed by atoms with Crippen molar-refractivity contribution in [3.63, 3.8) is 0 Å². The van der Waals surface area contributed by atoms with Gasteiger partial charge in [0.25, 0.3) is 0 Å². The van der Waals surface area contributed by atoms with Gasteiger partial charge in [-0.3, -0.25) is 4.99 Å². The van der Waals surface area contributed by atoms with Gasteiger partial charge in [0.2, 0.25) is 0 Å². The van der Waals surface area contributed by atoms with Gasteiger partial charge < -0.3 is 20.5 Å². The summed E-state index contributed by atoms with van der Waals surface area (Å²) in [4.78, 5) is 4.25. The highest BCUT2D eigenvalue weighted by Crippen LogP contribution is 2.18. The summed E-state index contributed by atoms with van der Waals surface area (Å²) in [6.45, 7) is 7.36. The second-order valence-electron chi connectivity index (χ2n) is 5.52. The molecule has 1 aromatic carbocycles. The Morgan fingerprint density at radius 3 is 2.57 bits per heavy atom. The molecule has 0 saturated heterocycles. The van der Waals surface area contributed by atoms with Gasteiger partial charge in [0.15, 0.2) is 5.96 Å². The fraction of sp³-hybridized carbons (Fsp3) is 0.533. The lowest BCUT2D eigenvalue weighted by Gasteiger charge is -2.20. The number of halogens is 1. The number of aliphatic imine (C=N–C) groups is 1. The van der Waals surface area contributed by atoms with Crippen LogP contribution in [0.25, 0.3) is 0 Å². The first-order valence-electron chi connectivity index (χ1n) is 6.76. The number of hydrogen-bond acceptors (Lipinski definition) is 3. The van der Waals surface area contributed by atoms with Crippen molar-refractivity contribution in [3.8, 4) is 11.5 Å². The van der Waals surface area contributed by atoms with E-state index in [0.29, 0.717) is 19.1 Å². The van der Waals surface area contributed by atoms with E-state index in [1.165, 1.54) is 0 Å². The number of ether oxygens (including phenoxy) is 2. The van der Waals surface area contributed by atoms with Crippen LogP contribution in [0, 0.1) is 0 Å². The van der Waals surface area contributed by atoms with Gasteiger partial charge >= 0.3 is 0 Å². The lowest BCUT2D eigenvalue weighted by molar-refractivity contribution is 0.311. The highest BCUT2D eigenvalue weighted by atomic mass is 127. The Labute approximate surface area is 144 Å². The predicted molar refractivity (Wildman–Crippen MR) is 97.9 cm³/mol. The summed E-state index contributed by atoms with van der Waals surface area (Å²) in [6.07, 6.45) is 0.809. The van der Waals surface area contributed by atoms with Crippen LogP contribution in [0.5, 0.6) is 11.5 Å². The van der Waals surface area contributed by atoms with Gasteiger partial charge in [-0.05, 0) is 32.9 Å². The molecule has 0 unspecified atom stereocenters. The van der Waals surface area contributed by atoms with Crippen LogP contribution in [0.1, 0.15) is 27.2 Å². The quantitative estimate of drug-likeness (QED) is 0.329.